The fourth-order valence-corrected chi connectivity index (χ4v) is 2.90. The molecule has 6 heteroatoms. The van der Waals surface area contributed by atoms with Gasteiger partial charge in [0.1, 0.15) is 0 Å². The zero-order valence-electron chi connectivity index (χ0n) is 11.3. The van der Waals surface area contributed by atoms with E-state index in [1.807, 2.05) is 12.1 Å². The Kier molecular flexibility index (Phi) is 3.69. The van der Waals surface area contributed by atoms with E-state index in [0.29, 0.717) is 19.8 Å². The number of likely N-dealkylation sites (tertiary alicyclic amines) is 1. The highest BCUT2D eigenvalue weighted by Crippen LogP contribution is 2.32. The zero-order valence-corrected chi connectivity index (χ0v) is 11.3. The van der Waals surface area contributed by atoms with Crippen LogP contribution in [0.2, 0.25) is 0 Å². The summed E-state index contributed by atoms with van der Waals surface area (Å²) in [5.74, 6) is -0.390. The Morgan fingerprint density at radius 2 is 1.85 bits per heavy atom. The fourth-order valence-electron chi connectivity index (χ4n) is 2.90. The maximum Gasteiger partial charge on any atom is 0.273 e. The molecule has 1 aromatic rings. The van der Waals surface area contributed by atoms with Gasteiger partial charge in [0, 0.05) is 44.1 Å². The van der Waals surface area contributed by atoms with Crippen LogP contribution in [0.1, 0.15) is 18.4 Å². The van der Waals surface area contributed by atoms with Crippen LogP contribution in [0.4, 0.5) is 5.69 Å². The number of benzene rings is 1. The Morgan fingerprint density at radius 3 is 2.50 bits per heavy atom. The summed E-state index contributed by atoms with van der Waals surface area (Å²) in [5, 5.41) is 11.0. The lowest BCUT2D eigenvalue weighted by atomic mass is 10.0. The molecule has 0 aromatic heterocycles. The van der Waals surface area contributed by atoms with Crippen molar-refractivity contribution in [3.05, 3.63) is 39.9 Å². The molecule has 3 rings (SSSR count). The smallest absolute Gasteiger partial charge is 0.273 e. The molecule has 2 fully saturated rings. The first-order chi connectivity index (χ1) is 9.69. The number of para-hydroxylation sites is 1. The molecule has 2 saturated heterocycles. The highest BCUT2D eigenvalue weighted by Gasteiger charge is 2.39. The van der Waals surface area contributed by atoms with Crippen molar-refractivity contribution in [1.82, 2.24) is 4.90 Å². The summed E-state index contributed by atoms with van der Waals surface area (Å²) in [4.78, 5) is 12.9. The summed E-state index contributed by atoms with van der Waals surface area (Å²) in [5.41, 5.74) is 0.961. The van der Waals surface area contributed by atoms with Crippen molar-refractivity contribution in [1.29, 1.82) is 0 Å². The van der Waals surface area contributed by atoms with Crippen LogP contribution in [0.3, 0.4) is 0 Å². The van der Waals surface area contributed by atoms with Crippen molar-refractivity contribution in [2.75, 3.05) is 26.3 Å². The second kappa shape index (κ2) is 5.47. The van der Waals surface area contributed by atoms with E-state index in [2.05, 4.69) is 4.90 Å². The minimum atomic E-state index is -0.390. The van der Waals surface area contributed by atoms with E-state index in [9.17, 15) is 10.1 Å². The van der Waals surface area contributed by atoms with Crippen molar-refractivity contribution in [2.24, 2.45) is 0 Å². The molecule has 0 bridgehead atoms. The Labute approximate surface area is 117 Å². The molecule has 0 radical (unpaired) electrons. The summed E-state index contributed by atoms with van der Waals surface area (Å²) in [6, 6.07) is 6.93. The normalized spacial score (nSPS) is 22.2. The molecule has 2 aliphatic heterocycles. The van der Waals surface area contributed by atoms with E-state index >= 15 is 0 Å². The van der Waals surface area contributed by atoms with Gasteiger partial charge >= 0.3 is 0 Å². The number of nitro groups is 1. The summed E-state index contributed by atoms with van der Waals surface area (Å²) in [6.07, 6.45) is 1.65. The average molecular weight is 278 g/mol. The number of hydrogen-bond donors (Lipinski definition) is 0. The van der Waals surface area contributed by atoms with Gasteiger partial charge in [-0.05, 0) is 0 Å². The van der Waals surface area contributed by atoms with Gasteiger partial charge in [-0.2, -0.15) is 0 Å². The van der Waals surface area contributed by atoms with E-state index in [1.165, 1.54) is 0 Å². The number of ether oxygens (including phenoxy) is 2. The largest absolute Gasteiger partial charge is 0.347 e. The van der Waals surface area contributed by atoms with E-state index in [-0.39, 0.29) is 16.4 Å². The van der Waals surface area contributed by atoms with Crippen LogP contribution in [0.5, 0.6) is 0 Å². The van der Waals surface area contributed by atoms with Crippen LogP contribution in [-0.2, 0) is 16.0 Å². The standard InChI is InChI=1S/C14H18N2O4/c17-16(18)13-4-2-1-3-12(13)11-15-7-5-14(6-8-15)19-9-10-20-14/h1-4H,5-11H2. The van der Waals surface area contributed by atoms with Gasteiger partial charge in [-0.3, -0.25) is 15.0 Å². The molecule has 0 N–H and O–H groups in total. The molecule has 6 nitrogen and oxygen atoms in total. The Morgan fingerprint density at radius 1 is 1.20 bits per heavy atom. The summed E-state index contributed by atoms with van der Waals surface area (Å²) >= 11 is 0. The SMILES string of the molecule is O=[N+]([O-])c1ccccc1CN1CCC2(CC1)OCCO2. The topological polar surface area (TPSA) is 64.8 Å². The molecule has 108 valence electrons. The lowest BCUT2D eigenvalue weighted by Gasteiger charge is -2.37. The maximum atomic E-state index is 11.0. The van der Waals surface area contributed by atoms with Crippen LogP contribution < -0.4 is 0 Å². The summed E-state index contributed by atoms with van der Waals surface area (Å²) in [6.45, 7) is 3.62. The molecule has 1 aromatic carbocycles. The minimum absolute atomic E-state index is 0.196. The number of nitro benzene ring substituents is 1. The maximum absolute atomic E-state index is 11.0. The van der Waals surface area contributed by atoms with Gasteiger partial charge in [0.25, 0.3) is 5.69 Å². The minimum Gasteiger partial charge on any atom is -0.347 e. The van der Waals surface area contributed by atoms with Crippen LogP contribution in [0.25, 0.3) is 0 Å². The first kappa shape index (κ1) is 13.5. The fraction of sp³-hybridized carbons (Fsp3) is 0.571. The Balaban J connectivity index is 1.64. The molecule has 2 aliphatic rings. The number of nitrogens with zero attached hydrogens (tertiary/aromatic N) is 2. The lowest BCUT2D eigenvalue weighted by Crippen LogP contribution is -2.44. The van der Waals surface area contributed by atoms with Gasteiger partial charge in [-0.15, -0.1) is 0 Å². The number of hydrogen-bond acceptors (Lipinski definition) is 5. The quantitative estimate of drug-likeness (QED) is 0.624. The molecule has 0 saturated carbocycles. The number of rotatable bonds is 3. The van der Waals surface area contributed by atoms with Gasteiger partial charge in [0.15, 0.2) is 5.79 Å². The second-order valence-corrected chi connectivity index (χ2v) is 5.27. The Bertz CT molecular complexity index is 490. The average Bonchev–Trinajstić information content (AvgIpc) is 2.90. The van der Waals surface area contributed by atoms with Gasteiger partial charge < -0.3 is 9.47 Å². The molecule has 2 heterocycles. The van der Waals surface area contributed by atoms with Crippen molar-refractivity contribution >= 4 is 5.69 Å². The molecule has 0 atom stereocenters. The molecular weight excluding hydrogens is 260 g/mol. The van der Waals surface area contributed by atoms with Gasteiger partial charge in [-0.25, -0.2) is 0 Å². The van der Waals surface area contributed by atoms with E-state index in [4.69, 9.17) is 9.47 Å². The highest BCUT2D eigenvalue weighted by molar-refractivity contribution is 5.39. The first-order valence-corrected chi connectivity index (χ1v) is 6.91. The lowest BCUT2D eigenvalue weighted by molar-refractivity contribution is -0.385. The third-order valence-electron chi connectivity index (χ3n) is 4.01. The molecule has 0 aliphatic carbocycles. The predicted molar refractivity (Wildman–Crippen MR) is 72.2 cm³/mol. The van der Waals surface area contributed by atoms with Crippen LogP contribution in [-0.4, -0.2) is 41.9 Å². The van der Waals surface area contributed by atoms with Crippen molar-refractivity contribution in [3.63, 3.8) is 0 Å². The second-order valence-electron chi connectivity index (χ2n) is 5.27. The molecule has 0 amide bonds. The molecular formula is C14H18N2O4. The van der Waals surface area contributed by atoms with Gasteiger partial charge in [0.2, 0.25) is 0 Å². The third-order valence-corrected chi connectivity index (χ3v) is 4.01. The predicted octanol–water partition coefficient (Wildman–Crippen LogP) is 1.93. The van der Waals surface area contributed by atoms with Gasteiger partial charge in [-0.1, -0.05) is 18.2 Å². The van der Waals surface area contributed by atoms with Crippen LogP contribution >= 0.6 is 0 Å². The molecule has 0 unspecified atom stereocenters. The van der Waals surface area contributed by atoms with Crippen LogP contribution in [0, 0.1) is 10.1 Å². The Hall–Kier alpha value is -1.50. The van der Waals surface area contributed by atoms with Gasteiger partial charge in [0.05, 0.1) is 18.1 Å². The van der Waals surface area contributed by atoms with E-state index in [1.54, 1.807) is 12.1 Å². The number of piperidine rings is 1. The van der Waals surface area contributed by atoms with E-state index < -0.39 is 0 Å². The van der Waals surface area contributed by atoms with Crippen molar-refractivity contribution in [3.8, 4) is 0 Å². The zero-order chi connectivity index (χ0) is 14.0. The van der Waals surface area contributed by atoms with Crippen LogP contribution in [0.15, 0.2) is 24.3 Å². The molecule has 20 heavy (non-hydrogen) atoms. The van der Waals surface area contributed by atoms with Crippen molar-refractivity contribution < 1.29 is 14.4 Å². The first-order valence-electron chi connectivity index (χ1n) is 6.91. The third kappa shape index (κ3) is 2.67. The monoisotopic (exact) mass is 278 g/mol. The van der Waals surface area contributed by atoms with E-state index in [0.717, 1.165) is 31.5 Å². The summed E-state index contributed by atoms with van der Waals surface area (Å²) < 4.78 is 11.4. The van der Waals surface area contributed by atoms with Crippen molar-refractivity contribution in [2.45, 2.75) is 25.2 Å². The molecule has 1 spiro atoms. The highest BCUT2D eigenvalue weighted by atomic mass is 16.7. The summed E-state index contributed by atoms with van der Waals surface area (Å²) in [7, 11) is 0.